The molecular weight excluding hydrogens is 991 g/mol. The highest BCUT2D eigenvalue weighted by molar-refractivity contribution is 6.07. The van der Waals surface area contributed by atoms with E-state index in [1.165, 1.54) is 0 Å². The number of rotatable bonds is 35. The van der Waals surface area contributed by atoms with Crippen molar-refractivity contribution < 1.29 is 57.6 Å². The van der Waals surface area contributed by atoms with Crippen LogP contribution in [-0.2, 0) is 60.8 Å². The van der Waals surface area contributed by atoms with Crippen LogP contribution in [0.2, 0.25) is 0 Å². The number of nitrogens with zero attached hydrogens (tertiary/aromatic N) is 5. The molecule has 1 unspecified atom stereocenters. The fourth-order valence-electron chi connectivity index (χ4n) is 8.97. The van der Waals surface area contributed by atoms with Gasteiger partial charge in [-0.2, -0.15) is 5.10 Å². The van der Waals surface area contributed by atoms with Crippen LogP contribution in [0.5, 0.6) is 0 Å². The van der Waals surface area contributed by atoms with E-state index in [1.807, 2.05) is 60.7 Å². The number of Topliss-reactive ketones (excluding diaryl/α,β-unsaturated/α-hetero) is 1. The van der Waals surface area contributed by atoms with Crippen LogP contribution in [0.4, 0.5) is 10.5 Å². The van der Waals surface area contributed by atoms with E-state index in [0.29, 0.717) is 117 Å². The second-order valence-electron chi connectivity index (χ2n) is 18.9. The van der Waals surface area contributed by atoms with Crippen molar-refractivity contribution in [2.24, 2.45) is 11.0 Å². The van der Waals surface area contributed by atoms with E-state index in [-0.39, 0.29) is 68.4 Å². The number of ketones is 1. The Morgan fingerprint density at radius 3 is 2.21 bits per heavy atom. The zero-order valence-electron chi connectivity index (χ0n) is 44.0. The van der Waals surface area contributed by atoms with Crippen molar-refractivity contribution in [1.29, 1.82) is 0 Å². The van der Waals surface area contributed by atoms with Gasteiger partial charge in [-0.15, -0.1) is 0 Å². The van der Waals surface area contributed by atoms with E-state index < -0.39 is 23.7 Å². The number of fused-ring (bicyclic) bond motifs is 2. The number of carboxylic acid groups (broad SMARTS) is 1. The Balaban J connectivity index is 0.958. The molecule has 5 N–H and O–H groups in total. The lowest BCUT2D eigenvalue weighted by Crippen LogP contribution is -2.38. The highest BCUT2D eigenvalue weighted by Crippen LogP contribution is 2.34. The number of hydrazone groups is 1. The number of amides is 6. The molecule has 0 fully saturated rings. The molecular formula is C56H73N9O12. The number of aliphatic carboxylic acids is 1. The number of nitrogens with one attached hydrogen (secondary N) is 4. The van der Waals surface area contributed by atoms with Crippen LogP contribution in [0.3, 0.4) is 0 Å². The first-order chi connectivity index (χ1) is 37.5. The monoisotopic (exact) mass is 1060 g/mol. The molecule has 4 aromatic rings. The highest BCUT2D eigenvalue weighted by atomic mass is 16.6. The first kappa shape index (κ1) is 59.1. The van der Waals surface area contributed by atoms with Crippen LogP contribution in [0.15, 0.2) is 84.4 Å². The number of benzene rings is 2. The fraction of sp³-hybridized carbons (Fsp3) is 0.500. The van der Waals surface area contributed by atoms with Crippen LogP contribution in [0.25, 0.3) is 10.9 Å². The molecule has 0 bridgehead atoms. The summed E-state index contributed by atoms with van der Waals surface area (Å²) in [5, 5.41) is 27.5. The van der Waals surface area contributed by atoms with E-state index >= 15 is 0 Å². The predicted molar refractivity (Wildman–Crippen MR) is 287 cm³/mol. The zero-order chi connectivity index (χ0) is 54.6. The molecule has 0 saturated heterocycles. The molecule has 4 heterocycles. The number of hydrogen-bond acceptors (Lipinski definition) is 14. The van der Waals surface area contributed by atoms with Crippen molar-refractivity contribution in [3.63, 3.8) is 0 Å². The lowest BCUT2D eigenvalue weighted by molar-refractivity contribution is -0.139. The molecule has 2 atom stereocenters. The van der Waals surface area contributed by atoms with Gasteiger partial charge in [-0.3, -0.25) is 38.7 Å². The second-order valence-corrected chi connectivity index (χ2v) is 18.9. The van der Waals surface area contributed by atoms with E-state index in [9.17, 15) is 33.6 Å². The number of unbranched alkanes of at least 4 members (excludes halogenated alkanes) is 4. The lowest BCUT2D eigenvalue weighted by Gasteiger charge is -2.30. The van der Waals surface area contributed by atoms with Gasteiger partial charge in [0.25, 0.3) is 5.91 Å². The van der Waals surface area contributed by atoms with Gasteiger partial charge in [0.15, 0.2) is 5.78 Å². The number of methoxy groups -OCH3 is 1. The number of carboxylic acids is 1. The molecule has 77 heavy (non-hydrogen) atoms. The van der Waals surface area contributed by atoms with Crippen LogP contribution in [0, 0.1) is 5.92 Å². The van der Waals surface area contributed by atoms with Gasteiger partial charge in [-0.1, -0.05) is 49.6 Å². The average Bonchev–Trinajstić information content (AvgIpc) is 3.89. The first-order valence-electron chi connectivity index (χ1n) is 26.6. The average molecular weight is 1060 g/mol. The number of carbonyl (C=O) groups is 7. The molecule has 6 amide bonds. The maximum absolute atomic E-state index is 14.3. The zero-order valence-corrected chi connectivity index (χ0v) is 44.0. The Hall–Kier alpha value is -7.20. The number of anilines is 1. The Kier molecular flexibility index (Phi) is 24.8. The normalized spacial score (nSPS) is 14.4. The van der Waals surface area contributed by atoms with Gasteiger partial charge in [0, 0.05) is 101 Å². The summed E-state index contributed by atoms with van der Waals surface area (Å²) in [4.78, 5) is 99.7. The number of carbonyl (C=O) groups excluding carboxylic acids is 6. The summed E-state index contributed by atoms with van der Waals surface area (Å²) in [6, 6.07) is 18.9. The quantitative estimate of drug-likeness (QED) is 0.0356. The number of ether oxygens (including phenoxy) is 4. The van der Waals surface area contributed by atoms with Crippen molar-refractivity contribution in [3.8, 4) is 0 Å². The molecule has 414 valence electrons. The molecule has 0 saturated carbocycles. The molecule has 0 spiro atoms. The lowest BCUT2D eigenvalue weighted by atomic mass is 9.86. The van der Waals surface area contributed by atoms with Gasteiger partial charge >= 0.3 is 12.0 Å². The minimum Gasteiger partial charge on any atom is -0.481 e. The molecule has 2 aromatic heterocycles. The molecule has 21 nitrogen and oxygen atoms in total. The summed E-state index contributed by atoms with van der Waals surface area (Å²) in [6.07, 6.45) is 9.37. The third kappa shape index (κ3) is 20.0. The topological polar surface area (TPSA) is 269 Å². The molecule has 0 aliphatic carbocycles. The van der Waals surface area contributed by atoms with Gasteiger partial charge < -0.3 is 50.2 Å². The van der Waals surface area contributed by atoms with Crippen LogP contribution < -0.4 is 21.3 Å². The summed E-state index contributed by atoms with van der Waals surface area (Å²) >= 11 is 0. The summed E-state index contributed by atoms with van der Waals surface area (Å²) in [5.41, 5.74) is 5.99. The molecule has 21 heteroatoms. The van der Waals surface area contributed by atoms with Gasteiger partial charge in [-0.25, -0.2) is 9.80 Å². The van der Waals surface area contributed by atoms with Crippen molar-refractivity contribution in [2.45, 2.75) is 96.1 Å². The van der Waals surface area contributed by atoms with E-state index in [4.69, 9.17) is 29.2 Å². The summed E-state index contributed by atoms with van der Waals surface area (Å²) in [6.45, 7) is 4.70. The second kappa shape index (κ2) is 32.4. The Bertz CT molecular complexity index is 2590. The van der Waals surface area contributed by atoms with Crippen molar-refractivity contribution in [1.82, 2.24) is 35.8 Å². The van der Waals surface area contributed by atoms with Crippen LogP contribution >= 0.6 is 0 Å². The number of aromatic nitrogens is 2. The van der Waals surface area contributed by atoms with Gasteiger partial charge in [0.2, 0.25) is 17.7 Å². The highest BCUT2D eigenvalue weighted by Gasteiger charge is 2.34. The third-order valence-corrected chi connectivity index (χ3v) is 13.2. The summed E-state index contributed by atoms with van der Waals surface area (Å²) < 4.78 is 21.2. The third-order valence-electron chi connectivity index (χ3n) is 13.2. The summed E-state index contributed by atoms with van der Waals surface area (Å²) in [7, 11) is 1.61. The maximum atomic E-state index is 14.3. The Labute approximate surface area is 449 Å². The SMILES string of the molecule is COCCOCCOCCOCCC(=O)NCCCC[C@H](CC(=O)CNC(=O)CCC(=O)O)C(=O)NCCCCCCN1N=C(c2ccc(NC(=O)N3Cc4ccncc4C3)cc2)CC(c2cccc3ncccc23)C1=O. The Morgan fingerprint density at radius 2 is 1.44 bits per heavy atom. The largest absolute Gasteiger partial charge is 0.481 e. The van der Waals surface area contributed by atoms with Gasteiger partial charge in [-0.05, 0) is 78.3 Å². The standard InChI is InChI=1S/C56H73N9O12/c1-74-28-29-76-32-33-77-31-30-75-27-21-52(68)59-22-6-4-10-41(34-45(66)37-61-51(67)18-19-53(69)70)54(71)60-23-5-2-3-7-26-65-55(72)48(46-11-8-13-49-47(46)12-9-24-58-49)35-50(63-65)40-14-16-44(17-15-40)62-56(73)64-38-42-20-25-57-36-43(42)39-64/h8-9,11-17,20,24-25,36,41,48H,2-7,10,18-19,21-23,26-35,37-39H2,1H3,(H,59,68)(H,60,71)(H,61,67)(H,62,73)(H,69,70)/t41-,48?/m1/s1. The minimum absolute atomic E-state index is 0.106. The number of pyridine rings is 2. The molecule has 2 aliphatic heterocycles. The fourth-order valence-corrected chi connectivity index (χ4v) is 8.97. The molecule has 0 radical (unpaired) electrons. The van der Waals surface area contributed by atoms with E-state index in [0.717, 1.165) is 51.7 Å². The minimum atomic E-state index is -1.12. The smallest absolute Gasteiger partial charge is 0.322 e. The molecule has 2 aromatic carbocycles. The number of hydrogen-bond donors (Lipinski definition) is 5. The summed E-state index contributed by atoms with van der Waals surface area (Å²) in [5.74, 6) is -3.79. The predicted octanol–water partition coefficient (Wildman–Crippen LogP) is 5.50. The number of urea groups is 1. The molecule has 2 aliphatic rings. The van der Waals surface area contributed by atoms with Crippen molar-refractivity contribution >= 4 is 63.7 Å². The van der Waals surface area contributed by atoms with E-state index in [2.05, 4.69) is 31.2 Å². The Morgan fingerprint density at radius 1 is 0.727 bits per heavy atom. The van der Waals surface area contributed by atoms with E-state index in [1.54, 1.807) is 35.6 Å². The van der Waals surface area contributed by atoms with Gasteiger partial charge in [0.05, 0.1) is 76.4 Å². The van der Waals surface area contributed by atoms with Crippen LogP contribution in [0.1, 0.15) is 105 Å². The van der Waals surface area contributed by atoms with Crippen molar-refractivity contribution in [3.05, 3.63) is 102 Å². The van der Waals surface area contributed by atoms with Gasteiger partial charge in [0.1, 0.15) is 0 Å². The van der Waals surface area contributed by atoms with Crippen molar-refractivity contribution in [2.75, 3.05) is 84.9 Å². The maximum Gasteiger partial charge on any atom is 0.322 e. The molecule has 6 rings (SSSR count). The van der Waals surface area contributed by atoms with Crippen LogP contribution in [-0.4, -0.2) is 152 Å². The first-order valence-corrected chi connectivity index (χ1v) is 26.6.